The third-order valence-electron chi connectivity index (χ3n) is 2.36. The fraction of sp³-hybridized carbons (Fsp3) is 0.0909. The number of carbonyl (C=O) groups excluding carboxylic acids is 2. The average Bonchev–Trinajstić information content (AvgIpc) is 2.66. The van der Waals surface area contributed by atoms with Gasteiger partial charge >= 0.3 is 5.97 Å². The maximum Gasteiger partial charge on any atom is 0.355 e. The van der Waals surface area contributed by atoms with Crippen molar-refractivity contribution >= 4 is 46.4 Å². The van der Waals surface area contributed by atoms with Gasteiger partial charge in [0.2, 0.25) is 0 Å². The number of aromatic amines is 1. The maximum atomic E-state index is 11.5. The number of fused-ring (bicyclic) bond motifs is 1. The monoisotopic (exact) mass is 271 g/mol. The largest absolute Gasteiger partial charge is 0.464 e. The average molecular weight is 272 g/mol. The number of hydrogen-bond acceptors (Lipinski definition) is 3. The minimum absolute atomic E-state index is 0.0710. The van der Waals surface area contributed by atoms with Gasteiger partial charge in [0, 0.05) is 15.9 Å². The Morgan fingerprint density at radius 3 is 2.71 bits per heavy atom. The lowest BCUT2D eigenvalue weighted by Crippen LogP contribution is -2.04. The van der Waals surface area contributed by atoms with Gasteiger partial charge in [-0.1, -0.05) is 23.2 Å². The molecule has 1 aromatic heterocycles. The molecule has 2 aromatic rings. The Morgan fingerprint density at radius 2 is 2.12 bits per heavy atom. The molecular formula is C11H7Cl2NO3. The van der Waals surface area contributed by atoms with Crippen LogP contribution in [0.4, 0.5) is 0 Å². The first-order valence-electron chi connectivity index (χ1n) is 4.62. The highest BCUT2D eigenvalue weighted by atomic mass is 35.5. The van der Waals surface area contributed by atoms with E-state index in [1.54, 1.807) is 6.07 Å². The van der Waals surface area contributed by atoms with Crippen molar-refractivity contribution in [1.29, 1.82) is 0 Å². The van der Waals surface area contributed by atoms with Crippen molar-refractivity contribution in [3.63, 3.8) is 0 Å². The van der Waals surface area contributed by atoms with E-state index in [9.17, 15) is 9.59 Å². The van der Waals surface area contributed by atoms with E-state index in [0.717, 1.165) is 0 Å². The quantitative estimate of drug-likeness (QED) is 0.675. The highest BCUT2D eigenvalue weighted by Gasteiger charge is 2.20. The van der Waals surface area contributed by atoms with Crippen LogP contribution in [-0.2, 0) is 4.74 Å². The van der Waals surface area contributed by atoms with Crippen LogP contribution in [-0.4, -0.2) is 24.3 Å². The molecule has 0 aliphatic heterocycles. The van der Waals surface area contributed by atoms with Gasteiger partial charge in [0.1, 0.15) is 5.69 Å². The fourth-order valence-corrected chi connectivity index (χ4v) is 2.25. The zero-order chi connectivity index (χ0) is 12.6. The number of aromatic nitrogens is 1. The van der Waals surface area contributed by atoms with E-state index in [4.69, 9.17) is 23.2 Å². The lowest BCUT2D eigenvalue weighted by molar-refractivity contribution is 0.0593. The predicted octanol–water partition coefficient (Wildman–Crippen LogP) is 3.07. The van der Waals surface area contributed by atoms with Crippen LogP contribution in [0.15, 0.2) is 12.1 Å². The number of benzene rings is 1. The van der Waals surface area contributed by atoms with Crippen molar-refractivity contribution in [3.8, 4) is 0 Å². The van der Waals surface area contributed by atoms with Crippen LogP contribution in [0.2, 0.25) is 10.0 Å². The molecule has 0 aliphatic rings. The molecule has 0 radical (unpaired) electrons. The molecule has 0 fully saturated rings. The first-order valence-corrected chi connectivity index (χ1v) is 5.38. The van der Waals surface area contributed by atoms with Crippen LogP contribution in [0, 0.1) is 0 Å². The molecule has 0 saturated carbocycles. The van der Waals surface area contributed by atoms with Crippen LogP contribution in [0.1, 0.15) is 20.8 Å². The molecular weight excluding hydrogens is 265 g/mol. The van der Waals surface area contributed by atoms with E-state index < -0.39 is 5.97 Å². The van der Waals surface area contributed by atoms with Gasteiger partial charge in [0.15, 0.2) is 6.29 Å². The van der Waals surface area contributed by atoms with E-state index in [-0.39, 0.29) is 11.3 Å². The Bertz CT molecular complexity index is 619. The highest BCUT2D eigenvalue weighted by molar-refractivity contribution is 6.39. The highest BCUT2D eigenvalue weighted by Crippen LogP contribution is 2.31. The number of carbonyl (C=O) groups is 2. The lowest BCUT2D eigenvalue weighted by Gasteiger charge is -1.97. The normalized spacial score (nSPS) is 10.5. The Kier molecular flexibility index (Phi) is 3.09. The third-order valence-corrected chi connectivity index (χ3v) is 2.88. The minimum atomic E-state index is -0.629. The van der Waals surface area contributed by atoms with Gasteiger partial charge in [-0.05, 0) is 12.1 Å². The topological polar surface area (TPSA) is 59.2 Å². The molecule has 1 heterocycles. The van der Waals surface area contributed by atoms with Gasteiger partial charge in [0.05, 0.1) is 17.7 Å². The number of H-pyrrole nitrogens is 1. The summed E-state index contributed by atoms with van der Waals surface area (Å²) in [6.45, 7) is 0. The molecule has 0 aliphatic carbocycles. The van der Waals surface area contributed by atoms with Crippen LogP contribution in [0.5, 0.6) is 0 Å². The minimum Gasteiger partial charge on any atom is -0.464 e. The molecule has 0 spiro atoms. The summed E-state index contributed by atoms with van der Waals surface area (Å²) >= 11 is 11.8. The van der Waals surface area contributed by atoms with E-state index in [0.29, 0.717) is 27.2 Å². The molecule has 88 valence electrons. The first kappa shape index (κ1) is 12.0. The second kappa shape index (κ2) is 4.39. The molecule has 1 N–H and O–H groups in total. The fourth-order valence-electron chi connectivity index (χ4n) is 1.65. The third kappa shape index (κ3) is 1.90. The van der Waals surface area contributed by atoms with E-state index in [1.165, 1.54) is 13.2 Å². The van der Waals surface area contributed by atoms with Gasteiger partial charge in [-0.25, -0.2) is 4.79 Å². The molecule has 6 heteroatoms. The van der Waals surface area contributed by atoms with Gasteiger partial charge in [0.25, 0.3) is 0 Å². The molecule has 4 nitrogen and oxygen atoms in total. The standard InChI is InChI=1S/C11H7Cl2NO3/c1-17-11(16)10-6(4-15)9-7(13)2-5(12)3-8(9)14-10/h2-4,14H,1H3. The van der Waals surface area contributed by atoms with Gasteiger partial charge in [-0.2, -0.15) is 0 Å². The number of esters is 1. The van der Waals surface area contributed by atoms with Crippen LogP contribution in [0.25, 0.3) is 10.9 Å². The number of halogens is 2. The summed E-state index contributed by atoms with van der Waals surface area (Å²) in [6, 6.07) is 3.09. The van der Waals surface area contributed by atoms with E-state index >= 15 is 0 Å². The molecule has 2 rings (SSSR count). The van der Waals surface area contributed by atoms with Crippen LogP contribution < -0.4 is 0 Å². The molecule has 1 aromatic carbocycles. The molecule has 0 saturated heterocycles. The molecule has 17 heavy (non-hydrogen) atoms. The first-order chi connectivity index (χ1) is 8.08. The predicted molar refractivity (Wildman–Crippen MR) is 65.0 cm³/mol. The number of rotatable bonds is 2. The summed E-state index contributed by atoms with van der Waals surface area (Å²) in [5.41, 5.74) is 0.764. The summed E-state index contributed by atoms with van der Waals surface area (Å²) in [6.07, 6.45) is 0.560. The van der Waals surface area contributed by atoms with Crippen molar-refractivity contribution in [2.75, 3.05) is 7.11 Å². The number of nitrogens with one attached hydrogen (secondary N) is 1. The number of hydrogen-bond donors (Lipinski definition) is 1. The van der Waals surface area contributed by atoms with Crippen LogP contribution >= 0.6 is 23.2 Å². The summed E-state index contributed by atoms with van der Waals surface area (Å²) < 4.78 is 4.57. The van der Waals surface area contributed by atoms with Crippen molar-refractivity contribution in [3.05, 3.63) is 33.4 Å². The summed E-state index contributed by atoms with van der Waals surface area (Å²) in [4.78, 5) is 25.3. The Morgan fingerprint density at radius 1 is 1.41 bits per heavy atom. The molecule has 0 atom stereocenters. The second-order valence-corrected chi connectivity index (χ2v) is 4.18. The van der Waals surface area contributed by atoms with Gasteiger partial charge in [-0.15, -0.1) is 0 Å². The van der Waals surface area contributed by atoms with Gasteiger partial charge < -0.3 is 9.72 Å². The smallest absolute Gasteiger partial charge is 0.355 e. The van der Waals surface area contributed by atoms with Crippen molar-refractivity contribution in [2.24, 2.45) is 0 Å². The van der Waals surface area contributed by atoms with Crippen molar-refractivity contribution < 1.29 is 14.3 Å². The Hall–Kier alpha value is -1.52. The van der Waals surface area contributed by atoms with Crippen molar-refractivity contribution in [1.82, 2.24) is 4.98 Å². The Labute approximate surface area is 106 Å². The zero-order valence-electron chi connectivity index (χ0n) is 8.71. The Balaban J connectivity index is 2.84. The number of ether oxygens (including phenoxy) is 1. The maximum absolute atomic E-state index is 11.5. The summed E-state index contributed by atoms with van der Waals surface area (Å²) in [5.74, 6) is -0.629. The van der Waals surface area contributed by atoms with Gasteiger partial charge in [-0.3, -0.25) is 4.79 Å². The van der Waals surface area contributed by atoms with E-state index in [1.807, 2.05) is 0 Å². The number of methoxy groups -OCH3 is 1. The molecule has 0 bridgehead atoms. The van der Waals surface area contributed by atoms with E-state index in [2.05, 4.69) is 9.72 Å². The zero-order valence-corrected chi connectivity index (χ0v) is 10.2. The van der Waals surface area contributed by atoms with Crippen LogP contribution in [0.3, 0.4) is 0 Å². The summed E-state index contributed by atoms with van der Waals surface area (Å²) in [5, 5.41) is 1.19. The lowest BCUT2D eigenvalue weighted by atomic mass is 10.1. The second-order valence-electron chi connectivity index (χ2n) is 3.33. The number of aldehydes is 1. The SMILES string of the molecule is COC(=O)c1[nH]c2cc(Cl)cc(Cl)c2c1C=O. The summed E-state index contributed by atoms with van der Waals surface area (Å²) in [7, 11) is 1.23. The molecule has 0 unspecified atom stereocenters. The molecule has 0 amide bonds. The van der Waals surface area contributed by atoms with Crippen molar-refractivity contribution in [2.45, 2.75) is 0 Å².